The van der Waals surface area contributed by atoms with Crippen LogP contribution in [-0.2, 0) is 4.79 Å². The lowest BCUT2D eigenvalue weighted by atomic mass is 10.0. The summed E-state index contributed by atoms with van der Waals surface area (Å²) in [5, 5.41) is 9.43. The summed E-state index contributed by atoms with van der Waals surface area (Å²) in [6.07, 6.45) is 4.95. The van der Waals surface area contributed by atoms with Gasteiger partial charge < -0.3 is 0 Å². The highest BCUT2D eigenvalue weighted by Gasteiger charge is 2.27. The molecule has 1 atom stereocenters. The van der Waals surface area contributed by atoms with Crippen LogP contribution in [0, 0.1) is 11.3 Å². The van der Waals surface area contributed by atoms with Crippen LogP contribution < -0.4 is 5.32 Å². The minimum absolute atomic E-state index is 0. The fraction of sp³-hybridized carbons (Fsp3) is 0.143. The molecule has 1 amide bonds. The first-order chi connectivity index (χ1) is 5.77. The lowest BCUT2D eigenvalue weighted by Gasteiger charge is -2.18. The number of hydrogen-bond donors (Lipinski definition) is 2. The molecule has 5 nitrogen and oxygen atoms in total. The third-order valence-electron chi connectivity index (χ3n) is 1.63. The Bertz CT molecular complexity index is 344. The maximum absolute atomic E-state index is 11.2. The van der Waals surface area contributed by atoms with E-state index in [9.17, 15) is 4.79 Å². The number of dihydropyridines is 1. The van der Waals surface area contributed by atoms with Crippen molar-refractivity contribution in [2.45, 2.75) is 0 Å². The predicted octanol–water partition coefficient (Wildman–Crippen LogP) is 0.128. The fourth-order valence-corrected chi connectivity index (χ4v) is 1.09. The molecule has 2 heterocycles. The number of carbonyl (C=O) groups excluding carboxylic acids is 1. The Morgan fingerprint density at radius 3 is 3.08 bits per heavy atom. The van der Waals surface area contributed by atoms with Gasteiger partial charge in [-0.25, -0.2) is 4.99 Å². The van der Waals surface area contributed by atoms with E-state index in [1.165, 1.54) is 0 Å². The van der Waals surface area contributed by atoms with Crippen LogP contribution in [-0.4, -0.2) is 23.9 Å². The molecule has 0 saturated carbocycles. The van der Waals surface area contributed by atoms with Crippen molar-refractivity contribution in [3.8, 4) is 0 Å². The molecule has 0 spiro atoms. The highest BCUT2D eigenvalue weighted by molar-refractivity contribution is 6.20. The molecule has 2 aliphatic heterocycles. The second kappa shape index (κ2) is 3.49. The molecular weight excluding hydrogens is 192 g/mol. The number of hydrogen-bond acceptors (Lipinski definition) is 3. The SMILES string of the molecule is Cl.N=C1N=C2N=CC=CC2C(=O)N1. The van der Waals surface area contributed by atoms with Crippen molar-refractivity contribution >= 4 is 36.3 Å². The molecule has 0 aromatic carbocycles. The molecule has 0 saturated heterocycles. The second-order valence-corrected chi connectivity index (χ2v) is 2.45. The van der Waals surface area contributed by atoms with Crippen molar-refractivity contribution in [3.05, 3.63) is 12.2 Å². The summed E-state index contributed by atoms with van der Waals surface area (Å²) in [6, 6.07) is 0. The average Bonchev–Trinajstić information content (AvgIpc) is 2.04. The summed E-state index contributed by atoms with van der Waals surface area (Å²) in [7, 11) is 0. The van der Waals surface area contributed by atoms with Gasteiger partial charge >= 0.3 is 0 Å². The quantitative estimate of drug-likeness (QED) is 0.570. The number of aliphatic imine (C=N–C) groups is 2. The third kappa shape index (κ3) is 1.65. The molecule has 2 N–H and O–H groups in total. The molecule has 2 aliphatic rings. The van der Waals surface area contributed by atoms with E-state index in [2.05, 4.69) is 15.3 Å². The van der Waals surface area contributed by atoms with E-state index in [-0.39, 0.29) is 24.3 Å². The van der Waals surface area contributed by atoms with Gasteiger partial charge in [-0.2, -0.15) is 4.99 Å². The number of carbonyl (C=O) groups is 1. The zero-order valence-corrected chi connectivity index (χ0v) is 7.34. The summed E-state index contributed by atoms with van der Waals surface area (Å²) in [6.45, 7) is 0. The summed E-state index contributed by atoms with van der Waals surface area (Å²) >= 11 is 0. The van der Waals surface area contributed by atoms with E-state index in [0.29, 0.717) is 5.84 Å². The number of guanidine groups is 1. The van der Waals surface area contributed by atoms with Crippen LogP contribution >= 0.6 is 12.4 Å². The molecule has 0 aromatic heterocycles. The van der Waals surface area contributed by atoms with Crippen LogP contribution in [0.3, 0.4) is 0 Å². The van der Waals surface area contributed by atoms with Gasteiger partial charge in [0.25, 0.3) is 0 Å². The van der Waals surface area contributed by atoms with Gasteiger partial charge in [0.1, 0.15) is 11.8 Å². The minimum atomic E-state index is -0.413. The molecule has 0 aromatic rings. The van der Waals surface area contributed by atoms with Gasteiger partial charge in [0.15, 0.2) is 0 Å². The number of nitrogens with zero attached hydrogens (tertiary/aromatic N) is 2. The van der Waals surface area contributed by atoms with Crippen LogP contribution in [0.5, 0.6) is 0 Å². The Morgan fingerprint density at radius 2 is 2.31 bits per heavy atom. The van der Waals surface area contributed by atoms with Gasteiger partial charge in [0.2, 0.25) is 11.9 Å². The zero-order valence-electron chi connectivity index (χ0n) is 6.52. The highest BCUT2D eigenvalue weighted by Crippen LogP contribution is 2.11. The standard InChI is InChI=1S/C7H6N4O.ClH/c8-7-10-5-4(6(12)11-7)2-1-3-9-5;/h1-4H,(H2,8,11,12);1H. The lowest BCUT2D eigenvalue weighted by Crippen LogP contribution is -2.42. The first kappa shape index (κ1) is 9.60. The second-order valence-electron chi connectivity index (χ2n) is 2.45. The van der Waals surface area contributed by atoms with Crippen molar-refractivity contribution in [1.82, 2.24) is 5.32 Å². The average molecular weight is 199 g/mol. The number of amidine groups is 1. The van der Waals surface area contributed by atoms with Crippen LogP contribution in [0.2, 0.25) is 0 Å². The molecule has 6 heteroatoms. The van der Waals surface area contributed by atoms with Crippen molar-refractivity contribution in [3.63, 3.8) is 0 Å². The Balaban J connectivity index is 0.000000845. The van der Waals surface area contributed by atoms with Gasteiger partial charge in [0, 0.05) is 6.21 Å². The third-order valence-corrected chi connectivity index (χ3v) is 1.63. The number of nitrogens with one attached hydrogen (secondary N) is 2. The van der Waals surface area contributed by atoms with E-state index < -0.39 is 5.92 Å². The first-order valence-electron chi connectivity index (χ1n) is 3.46. The van der Waals surface area contributed by atoms with Gasteiger partial charge in [-0.1, -0.05) is 6.08 Å². The maximum Gasteiger partial charge on any atom is 0.241 e. The van der Waals surface area contributed by atoms with Gasteiger partial charge in [-0.15, -0.1) is 12.4 Å². The van der Waals surface area contributed by atoms with E-state index in [4.69, 9.17) is 5.41 Å². The summed E-state index contributed by atoms with van der Waals surface area (Å²) < 4.78 is 0. The van der Waals surface area contributed by atoms with E-state index in [0.717, 1.165) is 0 Å². The molecule has 1 unspecified atom stereocenters. The summed E-state index contributed by atoms with van der Waals surface area (Å²) in [5.74, 6) is -0.396. The number of halogens is 1. The van der Waals surface area contributed by atoms with Crippen LogP contribution in [0.15, 0.2) is 22.1 Å². The van der Waals surface area contributed by atoms with Crippen molar-refractivity contribution in [2.24, 2.45) is 15.9 Å². The van der Waals surface area contributed by atoms with Gasteiger partial charge in [-0.3, -0.25) is 15.5 Å². The predicted molar refractivity (Wildman–Crippen MR) is 51.7 cm³/mol. The Hall–Kier alpha value is -1.49. The lowest BCUT2D eigenvalue weighted by molar-refractivity contribution is -0.120. The van der Waals surface area contributed by atoms with Gasteiger partial charge in [-0.05, 0) is 6.08 Å². The molecular formula is C7H7ClN4O. The monoisotopic (exact) mass is 198 g/mol. The molecule has 13 heavy (non-hydrogen) atoms. The molecule has 0 radical (unpaired) electrons. The highest BCUT2D eigenvalue weighted by atomic mass is 35.5. The number of amides is 1. The number of rotatable bonds is 0. The van der Waals surface area contributed by atoms with Crippen molar-refractivity contribution < 1.29 is 4.79 Å². The van der Waals surface area contributed by atoms with Crippen LogP contribution in [0.4, 0.5) is 0 Å². The smallest absolute Gasteiger partial charge is 0.241 e. The van der Waals surface area contributed by atoms with Crippen LogP contribution in [0.1, 0.15) is 0 Å². The van der Waals surface area contributed by atoms with Crippen molar-refractivity contribution in [2.75, 3.05) is 0 Å². The largest absolute Gasteiger partial charge is 0.294 e. The maximum atomic E-state index is 11.2. The molecule has 0 bridgehead atoms. The molecule has 2 rings (SSSR count). The first-order valence-corrected chi connectivity index (χ1v) is 3.46. The molecule has 0 fully saturated rings. The Labute approximate surface area is 80.6 Å². The van der Waals surface area contributed by atoms with E-state index >= 15 is 0 Å². The van der Waals surface area contributed by atoms with E-state index in [1.807, 2.05) is 0 Å². The van der Waals surface area contributed by atoms with Crippen molar-refractivity contribution in [1.29, 1.82) is 5.41 Å². The Kier molecular flexibility index (Phi) is 2.57. The zero-order chi connectivity index (χ0) is 8.55. The fourth-order valence-electron chi connectivity index (χ4n) is 1.09. The molecule has 0 aliphatic carbocycles. The number of fused-ring (bicyclic) bond motifs is 1. The minimum Gasteiger partial charge on any atom is -0.294 e. The van der Waals surface area contributed by atoms with E-state index in [1.54, 1.807) is 18.4 Å². The topological polar surface area (TPSA) is 77.7 Å². The van der Waals surface area contributed by atoms with Gasteiger partial charge in [0.05, 0.1) is 0 Å². The number of allylic oxidation sites excluding steroid dienone is 1. The van der Waals surface area contributed by atoms with Crippen LogP contribution in [0.25, 0.3) is 0 Å². The normalized spacial score (nSPS) is 24.3. The Morgan fingerprint density at radius 1 is 1.54 bits per heavy atom. The molecule has 68 valence electrons. The summed E-state index contributed by atoms with van der Waals surface area (Å²) in [5.41, 5.74) is 0. The summed E-state index contributed by atoms with van der Waals surface area (Å²) in [4.78, 5) is 18.8.